The molecule has 0 N–H and O–H groups in total. The van der Waals surface area contributed by atoms with E-state index < -0.39 is 11.9 Å². The number of cyclic esters (lactones) is 2. The molecule has 29 heavy (non-hydrogen) atoms. The summed E-state index contributed by atoms with van der Waals surface area (Å²) >= 11 is 0. The summed E-state index contributed by atoms with van der Waals surface area (Å²) in [6.45, 7) is 2.28. The molecule has 0 amide bonds. The molecule has 1 rings (SSSR count). The molecule has 3 heteroatoms. The molecule has 1 heterocycles. The number of allylic oxidation sites excluding steroid dienone is 3. The number of rotatable bonds is 19. The van der Waals surface area contributed by atoms with Crippen molar-refractivity contribution in [2.45, 2.75) is 122 Å². The van der Waals surface area contributed by atoms with Crippen molar-refractivity contribution in [3.63, 3.8) is 0 Å². The Bertz CT molecular complexity index is 478. The van der Waals surface area contributed by atoms with Gasteiger partial charge in [-0.3, -0.25) is 9.59 Å². The van der Waals surface area contributed by atoms with Crippen LogP contribution in [0, 0.1) is 5.92 Å². The molecule has 0 aromatic heterocycles. The van der Waals surface area contributed by atoms with Crippen molar-refractivity contribution in [3.05, 3.63) is 24.3 Å². The maximum atomic E-state index is 11.3. The van der Waals surface area contributed by atoms with Gasteiger partial charge in [0.1, 0.15) is 0 Å². The van der Waals surface area contributed by atoms with Crippen LogP contribution in [0.4, 0.5) is 0 Å². The summed E-state index contributed by atoms with van der Waals surface area (Å²) < 4.78 is 4.51. The van der Waals surface area contributed by atoms with E-state index in [2.05, 4.69) is 17.7 Å². The molecule has 0 bridgehead atoms. The summed E-state index contributed by atoms with van der Waals surface area (Å²) in [5.41, 5.74) is 0. The Hall–Kier alpha value is -1.38. The van der Waals surface area contributed by atoms with E-state index in [1.54, 1.807) is 6.08 Å². The Labute approximate surface area is 179 Å². The molecule has 1 aliphatic rings. The van der Waals surface area contributed by atoms with E-state index >= 15 is 0 Å². The van der Waals surface area contributed by atoms with Crippen LogP contribution in [0.3, 0.4) is 0 Å². The second-order valence-electron chi connectivity index (χ2n) is 8.51. The normalized spacial score (nSPS) is 17.1. The van der Waals surface area contributed by atoms with Gasteiger partial charge in [0.2, 0.25) is 0 Å². The first-order valence-electron chi connectivity index (χ1n) is 12.3. The number of carbonyl (C=O) groups is 2. The highest BCUT2D eigenvalue weighted by Gasteiger charge is 2.30. The van der Waals surface area contributed by atoms with E-state index in [1.165, 1.54) is 103 Å². The number of hydrogen-bond donors (Lipinski definition) is 0. The van der Waals surface area contributed by atoms with E-state index in [0.29, 0.717) is 0 Å². The van der Waals surface area contributed by atoms with Gasteiger partial charge in [0.05, 0.1) is 12.3 Å². The summed E-state index contributed by atoms with van der Waals surface area (Å²) in [7, 11) is 0. The zero-order chi connectivity index (χ0) is 21.0. The van der Waals surface area contributed by atoms with Gasteiger partial charge in [-0.05, 0) is 12.8 Å². The third-order valence-corrected chi connectivity index (χ3v) is 5.72. The Kier molecular flexibility index (Phi) is 16.5. The molecule has 0 saturated carbocycles. The van der Waals surface area contributed by atoms with Gasteiger partial charge < -0.3 is 4.74 Å². The number of unbranched alkanes of at least 4 members (excludes halogenated alkanes) is 16. The molecule has 1 saturated heterocycles. The van der Waals surface area contributed by atoms with Crippen LogP contribution >= 0.6 is 0 Å². The van der Waals surface area contributed by atoms with E-state index in [-0.39, 0.29) is 12.3 Å². The first-order valence-corrected chi connectivity index (χ1v) is 12.3. The van der Waals surface area contributed by atoms with E-state index in [9.17, 15) is 9.59 Å². The van der Waals surface area contributed by atoms with Gasteiger partial charge in [-0.2, -0.15) is 0 Å². The largest absolute Gasteiger partial charge is 0.393 e. The lowest BCUT2D eigenvalue weighted by molar-refractivity contribution is -0.152. The fourth-order valence-corrected chi connectivity index (χ4v) is 3.82. The lowest BCUT2D eigenvalue weighted by Crippen LogP contribution is -2.03. The fraction of sp³-hybridized carbons (Fsp3) is 0.769. The van der Waals surface area contributed by atoms with Crippen LogP contribution in [0.15, 0.2) is 24.3 Å². The highest BCUT2D eigenvalue weighted by molar-refractivity contribution is 5.95. The minimum atomic E-state index is -0.419. The molecule has 0 aromatic carbocycles. The minimum Gasteiger partial charge on any atom is -0.393 e. The lowest BCUT2D eigenvalue weighted by Gasteiger charge is -2.03. The van der Waals surface area contributed by atoms with Crippen LogP contribution in [-0.4, -0.2) is 11.9 Å². The SMILES string of the molecule is CCCCCCCCCCCCCCCCCCC=CC=CC1CC(=O)OC1=O. The Morgan fingerprint density at radius 1 is 0.724 bits per heavy atom. The molecule has 0 spiro atoms. The van der Waals surface area contributed by atoms with Crippen molar-refractivity contribution < 1.29 is 14.3 Å². The molecule has 0 radical (unpaired) electrons. The van der Waals surface area contributed by atoms with Crippen LogP contribution < -0.4 is 0 Å². The van der Waals surface area contributed by atoms with Gasteiger partial charge in [0.15, 0.2) is 0 Å². The van der Waals surface area contributed by atoms with Crippen molar-refractivity contribution in [2.24, 2.45) is 5.92 Å². The van der Waals surface area contributed by atoms with Crippen LogP contribution in [-0.2, 0) is 14.3 Å². The fourth-order valence-electron chi connectivity index (χ4n) is 3.82. The predicted octanol–water partition coefficient (Wildman–Crippen LogP) is 7.84. The van der Waals surface area contributed by atoms with E-state index in [1.807, 2.05) is 12.2 Å². The summed E-state index contributed by atoms with van der Waals surface area (Å²) in [5.74, 6) is -1.22. The average Bonchev–Trinajstić information content (AvgIpc) is 3.03. The Morgan fingerprint density at radius 2 is 1.21 bits per heavy atom. The zero-order valence-corrected chi connectivity index (χ0v) is 18.8. The van der Waals surface area contributed by atoms with Crippen LogP contribution in [0.5, 0.6) is 0 Å². The smallest absolute Gasteiger partial charge is 0.321 e. The van der Waals surface area contributed by atoms with Gasteiger partial charge in [-0.15, -0.1) is 0 Å². The second-order valence-corrected chi connectivity index (χ2v) is 8.51. The van der Waals surface area contributed by atoms with Crippen molar-refractivity contribution in [2.75, 3.05) is 0 Å². The molecule has 1 aliphatic heterocycles. The number of carbonyl (C=O) groups excluding carboxylic acids is 2. The summed E-state index contributed by atoms with van der Waals surface area (Å²) in [6, 6.07) is 0. The summed E-state index contributed by atoms with van der Waals surface area (Å²) in [5, 5.41) is 0. The Balaban J connectivity index is 1.77. The van der Waals surface area contributed by atoms with Crippen molar-refractivity contribution in [1.82, 2.24) is 0 Å². The standard InChI is InChI=1S/C26H44O3/c1-2-3-4-5-6-7-8-9-10-11-12-13-14-15-16-17-18-19-20-21-22-24-23-25(27)29-26(24)28/h19-22,24H,2-18,23H2,1H3. The van der Waals surface area contributed by atoms with E-state index in [4.69, 9.17) is 0 Å². The third-order valence-electron chi connectivity index (χ3n) is 5.72. The number of hydrogen-bond acceptors (Lipinski definition) is 3. The zero-order valence-electron chi connectivity index (χ0n) is 18.8. The maximum absolute atomic E-state index is 11.3. The monoisotopic (exact) mass is 404 g/mol. The summed E-state index contributed by atoms with van der Waals surface area (Å²) in [4.78, 5) is 22.3. The minimum absolute atomic E-state index is 0.183. The molecular formula is C26H44O3. The van der Waals surface area contributed by atoms with Gasteiger partial charge in [-0.1, -0.05) is 128 Å². The highest BCUT2D eigenvalue weighted by Crippen LogP contribution is 2.17. The van der Waals surface area contributed by atoms with Crippen LogP contribution in [0.1, 0.15) is 122 Å². The Morgan fingerprint density at radius 3 is 1.66 bits per heavy atom. The van der Waals surface area contributed by atoms with Gasteiger partial charge >= 0.3 is 11.9 Å². The highest BCUT2D eigenvalue weighted by atomic mass is 16.6. The lowest BCUT2D eigenvalue weighted by atomic mass is 10.0. The van der Waals surface area contributed by atoms with Gasteiger partial charge in [0, 0.05) is 0 Å². The van der Waals surface area contributed by atoms with Crippen molar-refractivity contribution >= 4 is 11.9 Å². The number of ether oxygens (including phenoxy) is 1. The van der Waals surface area contributed by atoms with Crippen LogP contribution in [0.2, 0.25) is 0 Å². The number of esters is 2. The molecule has 1 fully saturated rings. The molecule has 3 nitrogen and oxygen atoms in total. The first kappa shape index (κ1) is 25.7. The van der Waals surface area contributed by atoms with Crippen molar-refractivity contribution in [1.29, 1.82) is 0 Å². The second kappa shape index (κ2) is 18.6. The average molecular weight is 405 g/mol. The van der Waals surface area contributed by atoms with Gasteiger partial charge in [0.25, 0.3) is 0 Å². The topological polar surface area (TPSA) is 43.4 Å². The van der Waals surface area contributed by atoms with Crippen LogP contribution in [0.25, 0.3) is 0 Å². The first-order chi connectivity index (χ1) is 14.2. The molecule has 0 aromatic rings. The molecule has 1 atom stereocenters. The predicted molar refractivity (Wildman–Crippen MR) is 122 cm³/mol. The molecule has 166 valence electrons. The third kappa shape index (κ3) is 15.2. The van der Waals surface area contributed by atoms with E-state index in [0.717, 1.165) is 6.42 Å². The quantitative estimate of drug-likeness (QED) is 0.0953. The van der Waals surface area contributed by atoms with Gasteiger partial charge in [-0.25, -0.2) is 0 Å². The molecule has 0 aliphatic carbocycles. The molecular weight excluding hydrogens is 360 g/mol. The molecule has 1 unspecified atom stereocenters. The maximum Gasteiger partial charge on any atom is 0.321 e. The van der Waals surface area contributed by atoms with Crippen molar-refractivity contribution in [3.8, 4) is 0 Å². The summed E-state index contributed by atoms with van der Waals surface area (Å²) in [6.07, 6.45) is 31.3.